The maximum atomic E-state index is 11.2. The van der Waals surface area contributed by atoms with Crippen molar-refractivity contribution in [3.8, 4) is 5.75 Å². The van der Waals surface area contributed by atoms with Gasteiger partial charge in [-0.1, -0.05) is 0 Å². The number of amides is 1. The number of pyridine rings is 1. The predicted molar refractivity (Wildman–Crippen MR) is 55.0 cm³/mol. The number of carbonyl (C=O) groups excluding carboxylic acids is 1. The SMILES string of the molecule is CC(NC(=O)COc1cccnc1)C(=O)O. The standard InChI is InChI=1S/C10H12N2O4/c1-7(10(14)15)12-9(13)6-16-8-3-2-4-11-5-8/h2-5,7H,6H2,1H3,(H,12,13)(H,14,15). The number of nitrogens with one attached hydrogen (secondary N) is 1. The van der Waals surface area contributed by atoms with E-state index in [4.69, 9.17) is 9.84 Å². The Labute approximate surface area is 92.3 Å². The number of carbonyl (C=O) groups is 2. The molecule has 0 saturated carbocycles. The molecule has 1 unspecified atom stereocenters. The third-order valence-corrected chi connectivity index (χ3v) is 1.75. The quantitative estimate of drug-likeness (QED) is 0.737. The van der Waals surface area contributed by atoms with Gasteiger partial charge in [0.25, 0.3) is 5.91 Å². The van der Waals surface area contributed by atoms with E-state index < -0.39 is 17.9 Å². The van der Waals surface area contributed by atoms with Crippen LogP contribution in [0.1, 0.15) is 6.92 Å². The lowest BCUT2D eigenvalue weighted by Gasteiger charge is -2.09. The Kier molecular flexibility index (Phi) is 4.26. The van der Waals surface area contributed by atoms with Crippen molar-refractivity contribution >= 4 is 11.9 Å². The molecule has 2 N–H and O–H groups in total. The van der Waals surface area contributed by atoms with Gasteiger partial charge in [0.15, 0.2) is 6.61 Å². The van der Waals surface area contributed by atoms with E-state index in [9.17, 15) is 9.59 Å². The summed E-state index contributed by atoms with van der Waals surface area (Å²) in [5.41, 5.74) is 0. The topological polar surface area (TPSA) is 88.5 Å². The molecule has 6 heteroatoms. The number of nitrogens with zero attached hydrogens (tertiary/aromatic N) is 1. The lowest BCUT2D eigenvalue weighted by atomic mass is 10.3. The van der Waals surface area contributed by atoms with Gasteiger partial charge in [-0.25, -0.2) is 0 Å². The van der Waals surface area contributed by atoms with E-state index in [-0.39, 0.29) is 6.61 Å². The molecule has 16 heavy (non-hydrogen) atoms. The third-order valence-electron chi connectivity index (χ3n) is 1.75. The van der Waals surface area contributed by atoms with Gasteiger partial charge in [0.2, 0.25) is 0 Å². The molecule has 1 rings (SSSR count). The summed E-state index contributed by atoms with van der Waals surface area (Å²) in [7, 11) is 0. The zero-order chi connectivity index (χ0) is 12.0. The van der Waals surface area contributed by atoms with Gasteiger partial charge in [0, 0.05) is 6.20 Å². The van der Waals surface area contributed by atoms with Crippen LogP contribution in [0.5, 0.6) is 5.75 Å². The number of carboxylic acids is 1. The molecule has 86 valence electrons. The molecule has 1 atom stereocenters. The van der Waals surface area contributed by atoms with Crippen LogP contribution in [0.15, 0.2) is 24.5 Å². The van der Waals surface area contributed by atoms with Crippen molar-refractivity contribution in [2.24, 2.45) is 0 Å². The Balaban J connectivity index is 2.33. The summed E-state index contributed by atoms with van der Waals surface area (Å²) in [6, 6.07) is 2.40. The highest BCUT2D eigenvalue weighted by Crippen LogP contribution is 2.05. The number of hydrogen-bond acceptors (Lipinski definition) is 4. The van der Waals surface area contributed by atoms with Gasteiger partial charge in [0.1, 0.15) is 11.8 Å². The molecular weight excluding hydrogens is 212 g/mol. The van der Waals surface area contributed by atoms with Crippen molar-refractivity contribution in [1.82, 2.24) is 10.3 Å². The van der Waals surface area contributed by atoms with Gasteiger partial charge in [0.05, 0.1) is 6.20 Å². The van der Waals surface area contributed by atoms with Crippen LogP contribution in [-0.4, -0.2) is 34.6 Å². The number of rotatable bonds is 5. The van der Waals surface area contributed by atoms with Gasteiger partial charge < -0.3 is 15.2 Å². The van der Waals surface area contributed by atoms with E-state index in [2.05, 4.69) is 10.3 Å². The largest absolute Gasteiger partial charge is 0.482 e. The molecule has 1 amide bonds. The van der Waals surface area contributed by atoms with E-state index in [1.54, 1.807) is 18.3 Å². The van der Waals surface area contributed by atoms with Crippen LogP contribution >= 0.6 is 0 Å². The third kappa shape index (κ3) is 3.95. The van der Waals surface area contributed by atoms with Crippen LogP contribution in [-0.2, 0) is 9.59 Å². The smallest absolute Gasteiger partial charge is 0.325 e. The number of ether oxygens (including phenoxy) is 1. The lowest BCUT2D eigenvalue weighted by molar-refractivity contribution is -0.141. The lowest BCUT2D eigenvalue weighted by Crippen LogP contribution is -2.40. The van der Waals surface area contributed by atoms with Crippen LogP contribution in [0.3, 0.4) is 0 Å². The summed E-state index contributed by atoms with van der Waals surface area (Å²) in [5, 5.41) is 10.8. The normalized spacial score (nSPS) is 11.6. The molecule has 0 saturated heterocycles. The van der Waals surface area contributed by atoms with Crippen LogP contribution in [0.25, 0.3) is 0 Å². The molecule has 1 aromatic heterocycles. The molecule has 0 aliphatic carbocycles. The van der Waals surface area contributed by atoms with E-state index >= 15 is 0 Å². The van der Waals surface area contributed by atoms with E-state index in [1.807, 2.05) is 0 Å². The molecule has 0 spiro atoms. The first-order valence-electron chi connectivity index (χ1n) is 4.64. The Morgan fingerprint density at radius 1 is 1.62 bits per heavy atom. The van der Waals surface area contributed by atoms with Crippen LogP contribution < -0.4 is 10.1 Å². The first-order chi connectivity index (χ1) is 7.59. The molecule has 0 aromatic carbocycles. The van der Waals surface area contributed by atoms with E-state index in [0.717, 1.165) is 0 Å². The van der Waals surface area contributed by atoms with Crippen LogP contribution in [0.4, 0.5) is 0 Å². The molecule has 6 nitrogen and oxygen atoms in total. The Morgan fingerprint density at radius 3 is 2.94 bits per heavy atom. The highest BCUT2D eigenvalue weighted by atomic mass is 16.5. The molecule has 0 aliphatic rings. The first-order valence-corrected chi connectivity index (χ1v) is 4.64. The predicted octanol–water partition coefficient (Wildman–Crippen LogP) is 0.0497. The molecule has 0 fully saturated rings. The second-order valence-electron chi connectivity index (χ2n) is 3.10. The Hall–Kier alpha value is -2.11. The van der Waals surface area contributed by atoms with Gasteiger partial charge >= 0.3 is 5.97 Å². The maximum Gasteiger partial charge on any atom is 0.325 e. The monoisotopic (exact) mass is 224 g/mol. The minimum Gasteiger partial charge on any atom is -0.482 e. The zero-order valence-electron chi connectivity index (χ0n) is 8.71. The summed E-state index contributed by atoms with van der Waals surface area (Å²) >= 11 is 0. The summed E-state index contributed by atoms with van der Waals surface area (Å²) in [6.45, 7) is 1.15. The number of carboxylic acid groups (broad SMARTS) is 1. The Bertz CT molecular complexity index is 366. The van der Waals surface area contributed by atoms with Crippen LogP contribution in [0, 0.1) is 0 Å². The van der Waals surface area contributed by atoms with Crippen molar-refractivity contribution in [1.29, 1.82) is 0 Å². The van der Waals surface area contributed by atoms with E-state index in [1.165, 1.54) is 13.1 Å². The summed E-state index contributed by atoms with van der Waals surface area (Å²) in [6.07, 6.45) is 3.05. The molecule has 0 aliphatic heterocycles. The summed E-state index contributed by atoms with van der Waals surface area (Å²) in [5.74, 6) is -1.12. The van der Waals surface area contributed by atoms with E-state index in [0.29, 0.717) is 5.75 Å². The number of aromatic nitrogens is 1. The number of aliphatic carboxylic acids is 1. The molecule has 1 aromatic rings. The molecule has 0 radical (unpaired) electrons. The average molecular weight is 224 g/mol. The molecule has 0 bridgehead atoms. The van der Waals surface area contributed by atoms with Crippen LogP contribution in [0.2, 0.25) is 0 Å². The summed E-state index contributed by atoms with van der Waals surface area (Å²) < 4.78 is 5.08. The minimum absolute atomic E-state index is 0.233. The van der Waals surface area contributed by atoms with Crippen molar-refractivity contribution in [3.63, 3.8) is 0 Å². The van der Waals surface area contributed by atoms with Crippen molar-refractivity contribution in [2.45, 2.75) is 13.0 Å². The van der Waals surface area contributed by atoms with Gasteiger partial charge in [-0.15, -0.1) is 0 Å². The maximum absolute atomic E-state index is 11.2. The highest BCUT2D eigenvalue weighted by molar-refractivity contribution is 5.84. The van der Waals surface area contributed by atoms with Gasteiger partial charge in [-0.2, -0.15) is 0 Å². The van der Waals surface area contributed by atoms with Crippen molar-refractivity contribution in [2.75, 3.05) is 6.61 Å². The minimum atomic E-state index is -1.09. The fourth-order valence-corrected chi connectivity index (χ4v) is 0.926. The van der Waals surface area contributed by atoms with Gasteiger partial charge in [-0.3, -0.25) is 14.6 Å². The zero-order valence-corrected chi connectivity index (χ0v) is 8.71. The van der Waals surface area contributed by atoms with Gasteiger partial charge in [-0.05, 0) is 19.1 Å². The fraction of sp³-hybridized carbons (Fsp3) is 0.300. The highest BCUT2D eigenvalue weighted by Gasteiger charge is 2.13. The second-order valence-corrected chi connectivity index (χ2v) is 3.10. The average Bonchev–Trinajstić information content (AvgIpc) is 2.27. The van der Waals surface area contributed by atoms with Crippen molar-refractivity contribution < 1.29 is 19.4 Å². The summed E-state index contributed by atoms with van der Waals surface area (Å²) in [4.78, 5) is 25.5. The first kappa shape index (κ1) is 12.0. The fourth-order valence-electron chi connectivity index (χ4n) is 0.926. The Morgan fingerprint density at radius 2 is 2.38 bits per heavy atom. The van der Waals surface area contributed by atoms with Crippen molar-refractivity contribution in [3.05, 3.63) is 24.5 Å². The molecule has 1 heterocycles. The number of hydrogen-bond donors (Lipinski definition) is 2. The molecular formula is C10H12N2O4. The second kappa shape index (κ2) is 5.69.